The zero-order valence-corrected chi connectivity index (χ0v) is 20.3. The highest BCUT2D eigenvalue weighted by Crippen LogP contribution is 2.28. The monoisotopic (exact) mass is 506 g/mol. The van der Waals surface area contributed by atoms with Gasteiger partial charge >= 0.3 is 5.97 Å². The Hall–Kier alpha value is -3.95. The number of benzene rings is 3. The average molecular weight is 507 g/mol. The first-order chi connectivity index (χ1) is 16.8. The van der Waals surface area contributed by atoms with Gasteiger partial charge in [-0.05, 0) is 54.3 Å². The number of esters is 1. The van der Waals surface area contributed by atoms with Crippen molar-refractivity contribution >= 4 is 44.6 Å². The van der Waals surface area contributed by atoms with Gasteiger partial charge in [-0.25, -0.2) is 13.2 Å². The number of ether oxygens (including phenoxy) is 1. The van der Waals surface area contributed by atoms with Crippen molar-refractivity contribution in [2.75, 3.05) is 10.0 Å². The fraction of sp³-hybridized carbons (Fsp3) is 0.0769. The molecule has 0 aliphatic rings. The molecular weight excluding hydrogens is 484 g/mol. The lowest BCUT2D eigenvalue weighted by atomic mass is 10.0. The largest absolute Gasteiger partial charge is 0.449 e. The molecule has 0 spiro atoms. The van der Waals surface area contributed by atoms with Crippen LogP contribution >= 0.6 is 11.3 Å². The van der Waals surface area contributed by atoms with Gasteiger partial charge in [-0.2, -0.15) is 0 Å². The van der Waals surface area contributed by atoms with Crippen LogP contribution in [0.3, 0.4) is 0 Å². The van der Waals surface area contributed by atoms with Crippen LogP contribution in [0.25, 0.3) is 11.1 Å². The van der Waals surface area contributed by atoms with Crippen LogP contribution in [0.15, 0.2) is 101 Å². The second-order valence-corrected chi connectivity index (χ2v) is 10.4. The van der Waals surface area contributed by atoms with Gasteiger partial charge in [0.2, 0.25) is 0 Å². The number of hydrogen-bond acceptors (Lipinski definition) is 6. The van der Waals surface area contributed by atoms with Crippen LogP contribution in [-0.4, -0.2) is 26.4 Å². The Morgan fingerprint density at radius 3 is 2.23 bits per heavy atom. The molecule has 35 heavy (non-hydrogen) atoms. The van der Waals surface area contributed by atoms with Gasteiger partial charge in [0.1, 0.15) is 4.21 Å². The Kier molecular flexibility index (Phi) is 7.28. The number of sulfonamides is 1. The molecule has 0 saturated carbocycles. The van der Waals surface area contributed by atoms with E-state index in [-0.39, 0.29) is 9.77 Å². The maximum atomic E-state index is 12.7. The number of anilines is 2. The molecule has 4 rings (SSSR count). The second-order valence-electron chi connectivity index (χ2n) is 7.56. The lowest BCUT2D eigenvalue weighted by Gasteiger charge is -2.16. The number of nitrogens with one attached hydrogen (secondary N) is 2. The molecule has 1 amide bonds. The van der Waals surface area contributed by atoms with Crippen molar-refractivity contribution in [3.63, 3.8) is 0 Å². The molecular formula is C26H22N2O5S2. The fourth-order valence-corrected chi connectivity index (χ4v) is 5.33. The summed E-state index contributed by atoms with van der Waals surface area (Å²) in [6.07, 6.45) is -1.05. The highest BCUT2D eigenvalue weighted by molar-refractivity contribution is 7.94. The number of hydrogen-bond donors (Lipinski definition) is 2. The molecule has 1 aromatic heterocycles. The van der Waals surface area contributed by atoms with Gasteiger partial charge in [0.05, 0.1) is 5.56 Å². The molecule has 1 heterocycles. The summed E-state index contributed by atoms with van der Waals surface area (Å²) in [5.41, 5.74) is 2.89. The standard InChI is InChI=1S/C26H22N2O5S2/c1-18(25(29)27-23-11-6-5-10-22(23)19-8-3-2-4-9-19)33-26(30)20-13-15-21(16-14-20)28-35(31,32)24-12-7-17-34-24/h2-18,28H,1H3,(H,27,29). The number of rotatable bonds is 8. The molecule has 7 nitrogen and oxygen atoms in total. The van der Waals surface area contributed by atoms with Crippen molar-refractivity contribution in [1.29, 1.82) is 0 Å². The SMILES string of the molecule is CC(OC(=O)c1ccc(NS(=O)(=O)c2cccs2)cc1)C(=O)Nc1ccccc1-c1ccccc1. The topological polar surface area (TPSA) is 102 Å². The van der Waals surface area contributed by atoms with Crippen molar-refractivity contribution in [2.45, 2.75) is 17.2 Å². The van der Waals surface area contributed by atoms with Crippen molar-refractivity contribution in [1.82, 2.24) is 0 Å². The van der Waals surface area contributed by atoms with E-state index in [9.17, 15) is 18.0 Å². The molecule has 0 radical (unpaired) electrons. The minimum absolute atomic E-state index is 0.188. The van der Waals surface area contributed by atoms with Gasteiger partial charge < -0.3 is 10.1 Å². The number of amides is 1. The van der Waals surface area contributed by atoms with E-state index in [0.717, 1.165) is 22.5 Å². The first-order valence-corrected chi connectivity index (χ1v) is 13.0. The third kappa shape index (κ3) is 5.95. The Morgan fingerprint density at radius 1 is 0.857 bits per heavy atom. The zero-order chi connectivity index (χ0) is 24.8. The number of thiophene rings is 1. The van der Waals surface area contributed by atoms with Gasteiger partial charge in [0, 0.05) is 16.9 Å². The van der Waals surface area contributed by atoms with Crippen molar-refractivity contribution in [3.8, 4) is 11.1 Å². The molecule has 1 unspecified atom stereocenters. The Morgan fingerprint density at radius 2 is 1.54 bits per heavy atom. The molecule has 9 heteroatoms. The normalized spacial score (nSPS) is 11.9. The lowest BCUT2D eigenvalue weighted by molar-refractivity contribution is -0.123. The van der Waals surface area contributed by atoms with Crippen LogP contribution in [0, 0.1) is 0 Å². The van der Waals surface area contributed by atoms with E-state index in [1.165, 1.54) is 37.3 Å². The van der Waals surface area contributed by atoms with Gasteiger partial charge in [-0.3, -0.25) is 9.52 Å². The van der Waals surface area contributed by atoms with Gasteiger partial charge in [0.15, 0.2) is 6.10 Å². The number of carbonyl (C=O) groups is 2. The van der Waals surface area contributed by atoms with Crippen LogP contribution < -0.4 is 10.0 Å². The molecule has 0 saturated heterocycles. The maximum absolute atomic E-state index is 12.7. The average Bonchev–Trinajstić information content (AvgIpc) is 3.41. The molecule has 2 N–H and O–H groups in total. The summed E-state index contributed by atoms with van der Waals surface area (Å²) < 4.78 is 32.6. The van der Waals surface area contributed by atoms with E-state index in [1.807, 2.05) is 48.5 Å². The summed E-state index contributed by atoms with van der Waals surface area (Å²) in [5.74, 6) is -1.17. The van der Waals surface area contributed by atoms with Gasteiger partial charge in [0.25, 0.3) is 15.9 Å². The summed E-state index contributed by atoms with van der Waals surface area (Å²) >= 11 is 1.10. The van der Waals surface area contributed by atoms with Gasteiger partial charge in [-0.15, -0.1) is 11.3 Å². The molecule has 0 aliphatic heterocycles. The quantitative estimate of drug-likeness (QED) is 0.312. The van der Waals surface area contributed by atoms with E-state index < -0.39 is 28.0 Å². The summed E-state index contributed by atoms with van der Waals surface area (Å²) in [6, 6.07) is 25.9. The summed E-state index contributed by atoms with van der Waals surface area (Å²) in [5, 5.41) is 4.49. The van der Waals surface area contributed by atoms with E-state index in [1.54, 1.807) is 17.5 Å². The molecule has 0 aliphatic carbocycles. The minimum Gasteiger partial charge on any atom is -0.449 e. The fourth-order valence-electron chi connectivity index (χ4n) is 3.27. The molecule has 0 bridgehead atoms. The predicted octanol–water partition coefficient (Wildman–Crippen LogP) is 5.40. The number of para-hydroxylation sites is 1. The Bertz CT molecular complexity index is 1420. The molecule has 178 valence electrons. The Labute approximate surface area is 207 Å². The maximum Gasteiger partial charge on any atom is 0.338 e. The number of carbonyl (C=O) groups excluding carboxylic acids is 2. The first kappa shape index (κ1) is 24.2. The van der Waals surface area contributed by atoms with Crippen LogP contribution in [0.2, 0.25) is 0 Å². The zero-order valence-electron chi connectivity index (χ0n) is 18.7. The van der Waals surface area contributed by atoms with Crippen LogP contribution in [0.1, 0.15) is 17.3 Å². The lowest BCUT2D eigenvalue weighted by Crippen LogP contribution is -2.30. The van der Waals surface area contributed by atoms with Crippen molar-refractivity contribution in [3.05, 3.63) is 102 Å². The van der Waals surface area contributed by atoms with E-state index >= 15 is 0 Å². The summed E-state index contributed by atoms with van der Waals surface area (Å²) in [4.78, 5) is 25.3. The smallest absolute Gasteiger partial charge is 0.338 e. The van der Waals surface area contributed by atoms with Crippen LogP contribution in [0.4, 0.5) is 11.4 Å². The predicted molar refractivity (Wildman–Crippen MR) is 137 cm³/mol. The third-order valence-electron chi connectivity index (χ3n) is 5.06. The van der Waals surface area contributed by atoms with Crippen LogP contribution in [0.5, 0.6) is 0 Å². The molecule has 3 aromatic carbocycles. The van der Waals surface area contributed by atoms with Crippen molar-refractivity contribution in [2.24, 2.45) is 0 Å². The van der Waals surface area contributed by atoms with E-state index in [0.29, 0.717) is 11.4 Å². The molecule has 1 atom stereocenters. The minimum atomic E-state index is -3.69. The van der Waals surface area contributed by atoms with Crippen molar-refractivity contribution < 1.29 is 22.7 Å². The van der Waals surface area contributed by atoms with Crippen LogP contribution in [-0.2, 0) is 19.6 Å². The van der Waals surface area contributed by atoms with E-state index in [4.69, 9.17) is 4.74 Å². The Balaban J connectivity index is 1.38. The third-order valence-corrected chi connectivity index (χ3v) is 7.83. The second kappa shape index (κ2) is 10.5. The summed E-state index contributed by atoms with van der Waals surface area (Å²) in [6.45, 7) is 1.49. The first-order valence-electron chi connectivity index (χ1n) is 10.7. The van der Waals surface area contributed by atoms with E-state index in [2.05, 4.69) is 10.0 Å². The molecule has 4 aromatic rings. The molecule has 0 fully saturated rings. The highest BCUT2D eigenvalue weighted by Gasteiger charge is 2.21. The summed E-state index contributed by atoms with van der Waals surface area (Å²) in [7, 11) is -3.69. The highest BCUT2D eigenvalue weighted by atomic mass is 32.2. The van der Waals surface area contributed by atoms with Gasteiger partial charge in [-0.1, -0.05) is 54.6 Å².